The molecule has 0 spiro atoms. The van der Waals surface area contributed by atoms with Gasteiger partial charge in [0, 0.05) is 6.20 Å². The SMILES string of the molecule is CCOC(=O)c1ccccc1Nc1cncc(C(=O)Nc2ccccc2OC)c1. The van der Waals surface area contributed by atoms with Gasteiger partial charge in [-0.25, -0.2) is 4.79 Å². The van der Waals surface area contributed by atoms with E-state index in [1.54, 1.807) is 61.7 Å². The maximum atomic E-state index is 12.6. The fourth-order valence-electron chi connectivity index (χ4n) is 2.71. The smallest absolute Gasteiger partial charge is 0.340 e. The Morgan fingerprint density at radius 3 is 2.48 bits per heavy atom. The lowest BCUT2D eigenvalue weighted by molar-refractivity contribution is 0.0527. The van der Waals surface area contributed by atoms with Gasteiger partial charge in [0.25, 0.3) is 5.91 Å². The molecule has 3 rings (SSSR count). The van der Waals surface area contributed by atoms with Crippen LogP contribution in [0.15, 0.2) is 67.0 Å². The molecule has 7 nitrogen and oxygen atoms in total. The van der Waals surface area contributed by atoms with E-state index >= 15 is 0 Å². The number of nitrogens with one attached hydrogen (secondary N) is 2. The summed E-state index contributed by atoms with van der Waals surface area (Å²) in [5.41, 5.74) is 2.45. The highest BCUT2D eigenvalue weighted by Gasteiger charge is 2.14. The van der Waals surface area contributed by atoms with Gasteiger partial charge in [-0.15, -0.1) is 0 Å². The number of esters is 1. The number of carbonyl (C=O) groups is 2. The van der Waals surface area contributed by atoms with Crippen LogP contribution in [0.2, 0.25) is 0 Å². The van der Waals surface area contributed by atoms with E-state index in [9.17, 15) is 9.59 Å². The number of rotatable bonds is 7. The van der Waals surface area contributed by atoms with Gasteiger partial charge in [0.1, 0.15) is 5.75 Å². The summed E-state index contributed by atoms with van der Waals surface area (Å²) >= 11 is 0. The number of pyridine rings is 1. The number of anilines is 3. The zero-order chi connectivity index (χ0) is 20.6. The second-order valence-electron chi connectivity index (χ2n) is 6.01. The van der Waals surface area contributed by atoms with Crippen molar-refractivity contribution in [3.8, 4) is 5.75 Å². The molecule has 7 heteroatoms. The van der Waals surface area contributed by atoms with E-state index in [-0.39, 0.29) is 12.5 Å². The minimum Gasteiger partial charge on any atom is -0.495 e. The molecule has 0 atom stereocenters. The predicted octanol–water partition coefficient (Wildman–Crippen LogP) is 4.26. The van der Waals surface area contributed by atoms with Crippen LogP contribution < -0.4 is 15.4 Å². The molecule has 0 radical (unpaired) electrons. The molecule has 148 valence electrons. The van der Waals surface area contributed by atoms with Gasteiger partial charge in [-0.05, 0) is 37.3 Å². The molecule has 0 aliphatic heterocycles. The quantitative estimate of drug-likeness (QED) is 0.585. The molecule has 3 aromatic rings. The standard InChI is InChI=1S/C22H21N3O4/c1-3-29-22(27)17-8-4-5-9-18(17)24-16-12-15(13-23-14-16)21(26)25-19-10-6-7-11-20(19)28-2/h4-14,24H,3H2,1-2H3,(H,25,26). The zero-order valence-corrected chi connectivity index (χ0v) is 16.1. The Hall–Kier alpha value is -3.87. The Morgan fingerprint density at radius 2 is 1.72 bits per heavy atom. The van der Waals surface area contributed by atoms with E-state index in [0.717, 1.165) is 0 Å². The number of carbonyl (C=O) groups excluding carboxylic acids is 2. The van der Waals surface area contributed by atoms with Crippen LogP contribution in [-0.2, 0) is 4.74 Å². The normalized spacial score (nSPS) is 10.1. The zero-order valence-electron chi connectivity index (χ0n) is 16.1. The van der Waals surface area contributed by atoms with Crippen molar-refractivity contribution in [2.24, 2.45) is 0 Å². The molecule has 0 saturated heterocycles. The average Bonchev–Trinajstić information content (AvgIpc) is 2.75. The molecule has 1 aromatic heterocycles. The van der Waals surface area contributed by atoms with Gasteiger partial charge >= 0.3 is 5.97 Å². The van der Waals surface area contributed by atoms with Crippen LogP contribution in [0.5, 0.6) is 5.75 Å². The Labute approximate surface area is 168 Å². The van der Waals surface area contributed by atoms with Crippen molar-refractivity contribution in [3.63, 3.8) is 0 Å². The summed E-state index contributed by atoms with van der Waals surface area (Å²) < 4.78 is 10.3. The lowest BCUT2D eigenvalue weighted by Gasteiger charge is -2.12. The second kappa shape index (κ2) is 9.36. The summed E-state index contributed by atoms with van der Waals surface area (Å²) in [5, 5.41) is 5.93. The third-order valence-electron chi connectivity index (χ3n) is 4.06. The Morgan fingerprint density at radius 1 is 1.00 bits per heavy atom. The molecule has 0 unspecified atom stereocenters. The van der Waals surface area contributed by atoms with Crippen LogP contribution in [-0.4, -0.2) is 30.6 Å². The first kappa shape index (κ1) is 19.9. The van der Waals surface area contributed by atoms with Gasteiger partial charge in [-0.1, -0.05) is 24.3 Å². The van der Waals surface area contributed by atoms with Crippen molar-refractivity contribution in [1.29, 1.82) is 0 Å². The lowest BCUT2D eigenvalue weighted by atomic mass is 10.1. The third kappa shape index (κ3) is 4.90. The monoisotopic (exact) mass is 391 g/mol. The minimum atomic E-state index is -0.423. The fraction of sp³-hybridized carbons (Fsp3) is 0.136. The van der Waals surface area contributed by atoms with E-state index in [0.29, 0.717) is 33.9 Å². The number of aromatic nitrogens is 1. The summed E-state index contributed by atoms with van der Waals surface area (Å²) in [5.74, 6) is -0.190. The fourth-order valence-corrected chi connectivity index (χ4v) is 2.71. The third-order valence-corrected chi connectivity index (χ3v) is 4.06. The maximum Gasteiger partial charge on any atom is 0.340 e. The summed E-state index contributed by atoms with van der Waals surface area (Å²) in [6.45, 7) is 2.04. The summed E-state index contributed by atoms with van der Waals surface area (Å²) in [6.07, 6.45) is 3.04. The Balaban J connectivity index is 1.80. The number of para-hydroxylation sites is 3. The predicted molar refractivity (Wildman–Crippen MR) is 111 cm³/mol. The summed E-state index contributed by atoms with van der Waals surface area (Å²) in [4.78, 5) is 28.9. The molecular formula is C22H21N3O4. The van der Waals surface area contributed by atoms with Crippen LogP contribution in [0.25, 0.3) is 0 Å². The van der Waals surface area contributed by atoms with E-state index in [2.05, 4.69) is 15.6 Å². The van der Waals surface area contributed by atoms with Crippen LogP contribution in [0.3, 0.4) is 0 Å². The largest absolute Gasteiger partial charge is 0.495 e. The minimum absolute atomic E-state index is 0.285. The molecule has 1 amide bonds. The Bertz CT molecular complexity index is 1020. The number of benzene rings is 2. The van der Waals surface area contributed by atoms with Crippen molar-refractivity contribution >= 4 is 28.9 Å². The topological polar surface area (TPSA) is 89.5 Å². The van der Waals surface area contributed by atoms with Crippen LogP contribution in [0.1, 0.15) is 27.6 Å². The number of hydrogen-bond acceptors (Lipinski definition) is 6. The summed E-state index contributed by atoms with van der Waals surface area (Å²) in [7, 11) is 1.54. The van der Waals surface area contributed by atoms with Crippen molar-refractivity contribution in [1.82, 2.24) is 4.98 Å². The number of amides is 1. The van der Waals surface area contributed by atoms with Gasteiger partial charge < -0.3 is 20.1 Å². The molecule has 0 bridgehead atoms. The lowest BCUT2D eigenvalue weighted by Crippen LogP contribution is -2.13. The van der Waals surface area contributed by atoms with E-state index in [4.69, 9.17) is 9.47 Å². The Kier molecular flexibility index (Phi) is 6.42. The summed E-state index contributed by atoms with van der Waals surface area (Å²) in [6, 6.07) is 15.8. The maximum absolute atomic E-state index is 12.6. The molecule has 0 aliphatic carbocycles. The van der Waals surface area contributed by atoms with Crippen molar-refractivity contribution in [2.75, 3.05) is 24.4 Å². The van der Waals surface area contributed by atoms with E-state index < -0.39 is 5.97 Å². The van der Waals surface area contributed by atoms with Crippen LogP contribution >= 0.6 is 0 Å². The van der Waals surface area contributed by atoms with Crippen molar-refractivity contribution in [2.45, 2.75) is 6.92 Å². The first-order valence-corrected chi connectivity index (χ1v) is 9.05. The van der Waals surface area contributed by atoms with Gasteiger partial charge in [0.2, 0.25) is 0 Å². The molecule has 2 aromatic carbocycles. The number of ether oxygens (including phenoxy) is 2. The second-order valence-corrected chi connectivity index (χ2v) is 6.01. The number of nitrogens with zero attached hydrogens (tertiary/aromatic N) is 1. The van der Waals surface area contributed by atoms with Crippen LogP contribution in [0, 0.1) is 0 Å². The molecule has 29 heavy (non-hydrogen) atoms. The van der Waals surface area contributed by atoms with Gasteiger partial charge in [0.05, 0.1) is 48.1 Å². The highest BCUT2D eigenvalue weighted by molar-refractivity contribution is 6.05. The highest BCUT2D eigenvalue weighted by Crippen LogP contribution is 2.25. The van der Waals surface area contributed by atoms with E-state index in [1.165, 1.54) is 13.3 Å². The highest BCUT2D eigenvalue weighted by atomic mass is 16.5. The average molecular weight is 391 g/mol. The van der Waals surface area contributed by atoms with Gasteiger partial charge in [-0.2, -0.15) is 0 Å². The molecule has 0 aliphatic rings. The molecular weight excluding hydrogens is 370 g/mol. The van der Waals surface area contributed by atoms with Crippen molar-refractivity contribution < 1.29 is 19.1 Å². The van der Waals surface area contributed by atoms with Crippen LogP contribution in [0.4, 0.5) is 17.1 Å². The number of hydrogen-bond donors (Lipinski definition) is 2. The molecule has 2 N–H and O–H groups in total. The molecule has 0 saturated carbocycles. The van der Waals surface area contributed by atoms with Crippen molar-refractivity contribution in [3.05, 3.63) is 78.1 Å². The molecule has 0 fully saturated rings. The first-order valence-electron chi connectivity index (χ1n) is 9.05. The first-order chi connectivity index (χ1) is 14.1. The molecule has 1 heterocycles. The number of methoxy groups -OCH3 is 1. The van der Waals surface area contributed by atoms with E-state index in [1.807, 2.05) is 6.07 Å². The van der Waals surface area contributed by atoms with Gasteiger partial charge in [0.15, 0.2) is 0 Å². The van der Waals surface area contributed by atoms with Gasteiger partial charge in [-0.3, -0.25) is 9.78 Å².